The summed E-state index contributed by atoms with van der Waals surface area (Å²) in [6.07, 6.45) is 6.44. The van der Waals surface area contributed by atoms with E-state index in [1.807, 2.05) is 36.4 Å². The molecule has 2 amide bonds. The number of carbonyl (C=O) groups is 2. The highest BCUT2D eigenvalue weighted by Crippen LogP contribution is 2.29. The number of primary amides is 1. The van der Waals surface area contributed by atoms with E-state index < -0.39 is 5.91 Å². The first-order chi connectivity index (χ1) is 20.5. The van der Waals surface area contributed by atoms with E-state index in [9.17, 15) is 9.59 Å². The summed E-state index contributed by atoms with van der Waals surface area (Å²) in [6.45, 7) is 3.96. The molecule has 2 saturated heterocycles. The predicted octanol–water partition coefficient (Wildman–Crippen LogP) is 5.48. The summed E-state index contributed by atoms with van der Waals surface area (Å²) >= 11 is 6.14. The number of nitrogens with zero attached hydrogens (tertiary/aromatic N) is 2. The second kappa shape index (κ2) is 14.6. The summed E-state index contributed by atoms with van der Waals surface area (Å²) in [5, 5.41) is 4.37. The molecule has 6 nitrogen and oxygen atoms in total. The zero-order chi connectivity index (χ0) is 29.3. The molecule has 3 aromatic carbocycles. The van der Waals surface area contributed by atoms with Crippen LogP contribution in [0.3, 0.4) is 0 Å². The van der Waals surface area contributed by atoms with Gasteiger partial charge in [0.2, 0.25) is 11.8 Å². The lowest BCUT2D eigenvalue weighted by Gasteiger charge is -2.33. The summed E-state index contributed by atoms with van der Waals surface area (Å²) in [4.78, 5) is 30.8. The lowest BCUT2D eigenvalue weighted by Crippen LogP contribution is -2.53. The Kier molecular flexibility index (Phi) is 10.5. The van der Waals surface area contributed by atoms with Crippen LogP contribution in [0, 0.1) is 0 Å². The maximum absolute atomic E-state index is 14.3. The molecule has 2 atom stereocenters. The smallest absolute Gasteiger partial charge is 0.241 e. The second-order valence-corrected chi connectivity index (χ2v) is 11.9. The molecule has 220 valence electrons. The van der Waals surface area contributed by atoms with Crippen molar-refractivity contribution in [3.63, 3.8) is 0 Å². The van der Waals surface area contributed by atoms with Crippen LogP contribution in [0.5, 0.6) is 0 Å². The molecular formula is C35H41ClN4O2. The Morgan fingerprint density at radius 3 is 2.12 bits per heavy atom. The van der Waals surface area contributed by atoms with E-state index in [0.29, 0.717) is 31.1 Å². The number of carbonyl (C=O) groups excluding carboxylic acids is 2. The van der Waals surface area contributed by atoms with E-state index >= 15 is 0 Å². The Bertz CT molecular complexity index is 1300. The van der Waals surface area contributed by atoms with Crippen molar-refractivity contribution in [2.45, 2.75) is 50.1 Å². The fourth-order valence-electron chi connectivity index (χ4n) is 6.31. The molecule has 3 aromatic rings. The van der Waals surface area contributed by atoms with Crippen LogP contribution >= 0.6 is 11.6 Å². The van der Waals surface area contributed by atoms with Gasteiger partial charge in [-0.25, -0.2) is 0 Å². The maximum Gasteiger partial charge on any atom is 0.241 e. The first-order valence-electron chi connectivity index (χ1n) is 15.1. The first-order valence-corrected chi connectivity index (χ1v) is 15.5. The minimum atomic E-state index is -0.482. The molecule has 0 spiro atoms. The lowest BCUT2D eigenvalue weighted by molar-refractivity contribution is -0.133. The minimum Gasteiger partial charge on any atom is -0.366 e. The molecule has 0 unspecified atom stereocenters. The molecule has 5 rings (SSSR count). The van der Waals surface area contributed by atoms with Gasteiger partial charge in [-0.2, -0.15) is 0 Å². The fraction of sp³-hybridized carbons (Fsp3) is 0.371. The summed E-state index contributed by atoms with van der Waals surface area (Å²) in [5.74, 6) is -0.264. The highest BCUT2D eigenvalue weighted by atomic mass is 35.5. The van der Waals surface area contributed by atoms with Crippen molar-refractivity contribution < 1.29 is 9.59 Å². The van der Waals surface area contributed by atoms with Crippen molar-refractivity contribution >= 4 is 29.0 Å². The zero-order valence-electron chi connectivity index (χ0n) is 24.1. The number of amides is 2. The standard InChI is InChI=1S/C35H41ClN4O2/c36-30-16-14-26(15-17-30)29(23-34(37)41)22-31-18-21-40(35(42)33(38-31)25-39-19-8-3-9-20-39)24-32(27-10-4-1-5-11-27)28-12-6-2-7-13-28/h1-2,4-7,10-17,23,31-33,38H,3,8-9,18-22,24-25H2,(H2,37,41)/b29-23+/t31-,33+/m1/s1. The monoisotopic (exact) mass is 584 g/mol. The van der Waals surface area contributed by atoms with E-state index in [1.165, 1.54) is 36.5 Å². The third kappa shape index (κ3) is 8.09. The van der Waals surface area contributed by atoms with Crippen LogP contribution in [0.25, 0.3) is 5.57 Å². The number of hydrogen-bond acceptors (Lipinski definition) is 4. The van der Waals surface area contributed by atoms with Gasteiger partial charge in [0.1, 0.15) is 0 Å². The average molecular weight is 585 g/mol. The van der Waals surface area contributed by atoms with Gasteiger partial charge in [-0.1, -0.05) is 90.8 Å². The van der Waals surface area contributed by atoms with Crippen LogP contribution in [-0.4, -0.2) is 66.4 Å². The average Bonchev–Trinajstić information content (AvgIpc) is 3.15. The molecule has 0 saturated carbocycles. The van der Waals surface area contributed by atoms with E-state index in [-0.39, 0.29) is 23.9 Å². The second-order valence-electron chi connectivity index (χ2n) is 11.5. The number of benzene rings is 3. The number of rotatable bonds is 10. The normalized spacial score (nSPS) is 20.5. The van der Waals surface area contributed by atoms with Crippen molar-refractivity contribution in [3.8, 4) is 0 Å². The van der Waals surface area contributed by atoms with Crippen molar-refractivity contribution in [1.82, 2.24) is 15.1 Å². The maximum atomic E-state index is 14.3. The predicted molar refractivity (Wildman–Crippen MR) is 170 cm³/mol. The molecule has 2 aliphatic heterocycles. The number of hydrogen-bond donors (Lipinski definition) is 2. The van der Waals surface area contributed by atoms with Gasteiger partial charge in [-0.3, -0.25) is 9.59 Å². The van der Waals surface area contributed by atoms with Gasteiger partial charge in [-0.15, -0.1) is 0 Å². The molecular weight excluding hydrogens is 544 g/mol. The van der Waals surface area contributed by atoms with Gasteiger partial charge in [0.05, 0.1) is 6.04 Å². The molecule has 0 radical (unpaired) electrons. The van der Waals surface area contributed by atoms with Crippen molar-refractivity contribution in [3.05, 3.63) is 113 Å². The van der Waals surface area contributed by atoms with Gasteiger partial charge in [0, 0.05) is 42.7 Å². The van der Waals surface area contributed by atoms with Gasteiger partial charge in [-0.05, 0) is 73.2 Å². The fourth-order valence-corrected chi connectivity index (χ4v) is 6.44. The van der Waals surface area contributed by atoms with E-state index in [0.717, 1.165) is 30.6 Å². The Balaban J connectivity index is 1.41. The van der Waals surface area contributed by atoms with Crippen LogP contribution in [-0.2, 0) is 9.59 Å². The van der Waals surface area contributed by atoms with Gasteiger partial charge in [0.25, 0.3) is 0 Å². The molecule has 0 aliphatic carbocycles. The van der Waals surface area contributed by atoms with Crippen LogP contribution in [0.15, 0.2) is 91.0 Å². The van der Waals surface area contributed by atoms with Crippen molar-refractivity contribution in [2.75, 3.05) is 32.7 Å². The van der Waals surface area contributed by atoms with E-state index in [2.05, 4.69) is 63.6 Å². The third-order valence-corrected chi connectivity index (χ3v) is 8.74. The summed E-state index contributed by atoms with van der Waals surface area (Å²) in [6, 6.07) is 28.1. The van der Waals surface area contributed by atoms with Crippen LogP contribution in [0.2, 0.25) is 5.02 Å². The topological polar surface area (TPSA) is 78.7 Å². The van der Waals surface area contributed by atoms with Crippen molar-refractivity contribution in [2.24, 2.45) is 5.73 Å². The molecule has 42 heavy (non-hydrogen) atoms. The molecule has 7 heteroatoms. The summed E-state index contributed by atoms with van der Waals surface area (Å²) in [7, 11) is 0. The largest absolute Gasteiger partial charge is 0.366 e. The molecule has 2 aliphatic rings. The SMILES string of the molecule is NC(=O)/C=C(\C[C@H]1CCN(CC(c2ccccc2)c2ccccc2)C(=O)[C@H](CN2CCCCC2)N1)c1ccc(Cl)cc1. The van der Waals surface area contributed by atoms with Crippen LogP contribution < -0.4 is 11.1 Å². The van der Waals surface area contributed by atoms with Crippen molar-refractivity contribution in [1.29, 1.82) is 0 Å². The number of halogens is 1. The van der Waals surface area contributed by atoms with Gasteiger partial charge >= 0.3 is 0 Å². The first kappa shape index (κ1) is 30.0. The highest BCUT2D eigenvalue weighted by Gasteiger charge is 2.34. The van der Waals surface area contributed by atoms with Crippen LogP contribution in [0.4, 0.5) is 0 Å². The zero-order valence-corrected chi connectivity index (χ0v) is 24.9. The van der Waals surface area contributed by atoms with Gasteiger partial charge in [0.15, 0.2) is 0 Å². The molecule has 0 aromatic heterocycles. The Morgan fingerprint density at radius 1 is 0.905 bits per heavy atom. The Labute approximate surface area is 254 Å². The Hall–Kier alpha value is -3.45. The number of nitrogens with one attached hydrogen (secondary N) is 1. The molecule has 3 N–H and O–H groups in total. The summed E-state index contributed by atoms with van der Waals surface area (Å²) < 4.78 is 0. The van der Waals surface area contributed by atoms with E-state index in [1.54, 1.807) is 0 Å². The lowest BCUT2D eigenvalue weighted by atomic mass is 9.90. The van der Waals surface area contributed by atoms with Gasteiger partial charge < -0.3 is 20.9 Å². The quantitative estimate of drug-likeness (QED) is 0.310. The summed E-state index contributed by atoms with van der Waals surface area (Å²) in [5.41, 5.74) is 9.79. The molecule has 0 bridgehead atoms. The molecule has 2 heterocycles. The van der Waals surface area contributed by atoms with E-state index in [4.69, 9.17) is 17.3 Å². The van der Waals surface area contributed by atoms with Crippen LogP contribution in [0.1, 0.15) is 54.7 Å². The highest BCUT2D eigenvalue weighted by molar-refractivity contribution is 6.30. The molecule has 2 fully saturated rings. The number of likely N-dealkylation sites (tertiary alicyclic amines) is 1. The number of piperidine rings is 1. The number of nitrogens with two attached hydrogens (primary N) is 1. The Morgan fingerprint density at radius 2 is 1.52 bits per heavy atom. The third-order valence-electron chi connectivity index (χ3n) is 8.49. The minimum absolute atomic E-state index is 0.00178.